The van der Waals surface area contributed by atoms with Crippen molar-refractivity contribution in [1.82, 2.24) is 4.90 Å². The summed E-state index contributed by atoms with van der Waals surface area (Å²) in [5.41, 5.74) is 1.03. The molecule has 1 unspecified atom stereocenters. The summed E-state index contributed by atoms with van der Waals surface area (Å²) >= 11 is 0. The first-order chi connectivity index (χ1) is 10.8. The molecular weight excluding hydrogens is 286 g/mol. The highest BCUT2D eigenvalue weighted by Gasteiger charge is 2.20. The normalized spacial score (nSPS) is 22.7. The van der Waals surface area contributed by atoms with Crippen molar-refractivity contribution in [1.29, 1.82) is 0 Å². The lowest BCUT2D eigenvalue weighted by Crippen LogP contribution is -2.32. The summed E-state index contributed by atoms with van der Waals surface area (Å²) in [5, 5.41) is 9.85. The number of β-amino-alcohol motifs (C(OH)–C–C–N with tert-alkyl or cyclic N) is 1. The monoisotopic (exact) mass is 309 g/mol. The average molecular weight is 309 g/mol. The number of hydrogen-bond donors (Lipinski definition) is 1. The van der Waals surface area contributed by atoms with Crippen LogP contribution in [0.1, 0.15) is 12.0 Å². The third-order valence-electron chi connectivity index (χ3n) is 3.88. The molecule has 6 heteroatoms. The zero-order valence-corrected chi connectivity index (χ0v) is 12.9. The summed E-state index contributed by atoms with van der Waals surface area (Å²) in [6.45, 7) is 4.41. The van der Waals surface area contributed by atoms with Crippen molar-refractivity contribution in [3.8, 4) is 17.2 Å². The molecule has 0 saturated carbocycles. The van der Waals surface area contributed by atoms with Crippen molar-refractivity contribution in [2.24, 2.45) is 0 Å². The minimum atomic E-state index is -0.450. The summed E-state index contributed by atoms with van der Waals surface area (Å²) in [4.78, 5) is 2.17. The van der Waals surface area contributed by atoms with E-state index in [1.807, 2.05) is 12.1 Å². The molecule has 3 rings (SSSR count). The highest BCUT2D eigenvalue weighted by Crippen LogP contribution is 2.37. The van der Waals surface area contributed by atoms with Gasteiger partial charge in [0.1, 0.15) is 5.75 Å². The van der Waals surface area contributed by atoms with Gasteiger partial charge >= 0.3 is 0 Å². The van der Waals surface area contributed by atoms with E-state index in [9.17, 15) is 5.11 Å². The van der Waals surface area contributed by atoms with E-state index < -0.39 is 6.10 Å². The molecule has 6 nitrogen and oxygen atoms in total. The second-order valence-electron chi connectivity index (χ2n) is 5.63. The van der Waals surface area contributed by atoms with Crippen LogP contribution in [-0.4, -0.2) is 62.7 Å². The first-order valence-electron chi connectivity index (χ1n) is 7.71. The number of methoxy groups -OCH3 is 1. The van der Waals surface area contributed by atoms with Crippen LogP contribution in [-0.2, 0) is 11.3 Å². The predicted molar refractivity (Wildman–Crippen MR) is 80.7 cm³/mol. The number of ether oxygens (including phenoxy) is 4. The Bertz CT molecular complexity index is 508. The lowest BCUT2D eigenvalue weighted by Gasteiger charge is -2.23. The Morgan fingerprint density at radius 2 is 2.00 bits per heavy atom. The largest absolute Gasteiger partial charge is 0.496 e. The standard InChI is InChI=1S/C16H23NO5/c1-19-14-8-16-15(21-4-2-5-22-16)7-12(14)9-17-3-6-20-11-13(18)10-17/h7-8,13,18H,2-6,9-11H2,1H3. The summed E-state index contributed by atoms with van der Waals surface area (Å²) < 4.78 is 22.3. The maximum Gasteiger partial charge on any atom is 0.164 e. The minimum Gasteiger partial charge on any atom is -0.496 e. The van der Waals surface area contributed by atoms with E-state index in [0.29, 0.717) is 39.5 Å². The molecule has 0 radical (unpaired) electrons. The fraction of sp³-hybridized carbons (Fsp3) is 0.625. The summed E-state index contributed by atoms with van der Waals surface area (Å²) in [6, 6.07) is 3.87. The van der Waals surface area contributed by atoms with Crippen LogP contribution in [0.4, 0.5) is 0 Å². The Hall–Kier alpha value is -1.50. The van der Waals surface area contributed by atoms with E-state index in [1.54, 1.807) is 7.11 Å². The van der Waals surface area contributed by atoms with Gasteiger partial charge in [0.2, 0.25) is 0 Å². The fourth-order valence-corrected chi connectivity index (χ4v) is 2.79. The molecule has 0 aliphatic carbocycles. The van der Waals surface area contributed by atoms with E-state index in [-0.39, 0.29) is 0 Å². The Morgan fingerprint density at radius 1 is 1.23 bits per heavy atom. The molecular formula is C16H23NO5. The van der Waals surface area contributed by atoms with E-state index in [0.717, 1.165) is 35.8 Å². The molecule has 122 valence electrons. The highest BCUT2D eigenvalue weighted by molar-refractivity contribution is 5.51. The number of aliphatic hydroxyl groups excluding tert-OH is 1. The molecule has 1 atom stereocenters. The molecule has 1 aromatic carbocycles. The lowest BCUT2D eigenvalue weighted by molar-refractivity contribution is 0.0562. The molecule has 1 N–H and O–H groups in total. The molecule has 0 aromatic heterocycles. The average Bonchev–Trinajstić information content (AvgIpc) is 2.86. The molecule has 0 amide bonds. The van der Waals surface area contributed by atoms with E-state index in [2.05, 4.69) is 4.90 Å². The first-order valence-corrected chi connectivity index (χ1v) is 7.71. The molecule has 1 fully saturated rings. The van der Waals surface area contributed by atoms with Crippen molar-refractivity contribution in [2.45, 2.75) is 19.1 Å². The third-order valence-corrected chi connectivity index (χ3v) is 3.88. The van der Waals surface area contributed by atoms with Gasteiger partial charge in [0.15, 0.2) is 11.5 Å². The number of fused-ring (bicyclic) bond motifs is 1. The minimum absolute atomic E-state index is 0.398. The summed E-state index contributed by atoms with van der Waals surface area (Å²) in [6.07, 6.45) is 0.427. The highest BCUT2D eigenvalue weighted by atomic mass is 16.5. The van der Waals surface area contributed by atoms with Gasteiger partial charge in [-0.1, -0.05) is 0 Å². The van der Waals surface area contributed by atoms with Crippen LogP contribution in [0.2, 0.25) is 0 Å². The van der Waals surface area contributed by atoms with Crippen LogP contribution in [0.5, 0.6) is 17.2 Å². The van der Waals surface area contributed by atoms with Gasteiger partial charge in [0.25, 0.3) is 0 Å². The molecule has 1 aromatic rings. The van der Waals surface area contributed by atoms with Crippen molar-refractivity contribution >= 4 is 0 Å². The van der Waals surface area contributed by atoms with Gasteiger partial charge in [0.05, 0.1) is 39.6 Å². The number of hydrogen-bond acceptors (Lipinski definition) is 6. The van der Waals surface area contributed by atoms with Crippen LogP contribution in [0.15, 0.2) is 12.1 Å². The van der Waals surface area contributed by atoms with Gasteiger partial charge in [-0.3, -0.25) is 4.90 Å². The van der Waals surface area contributed by atoms with Gasteiger partial charge in [-0.05, 0) is 6.07 Å². The number of benzene rings is 1. The molecule has 22 heavy (non-hydrogen) atoms. The van der Waals surface area contributed by atoms with E-state index in [4.69, 9.17) is 18.9 Å². The third kappa shape index (κ3) is 3.63. The second-order valence-corrected chi connectivity index (χ2v) is 5.63. The Morgan fingerprint density at radius 3 is 2.77 bits per heavy atom. The number of aliphatic hydroxyl groups is 1. The Kier molecular flexibility index (Phi) is 5.02. The smallest absolute Gasteiger partial charge is 0.164 e. The van der Waals surface area contributed by atoms with Crippen molar-refractivity contribution in [2.75, 3.05) is 46.6 Å². The molecule has 1 saturated heterocycles. The first kappa shape index (κ1) is 15.4. The number of nitrogens with zero attached hydrogens (tertiary/aromatic N) is 1. The van der Waals surface area contributed by atoms with Gasteiger partial charge in [-0.15, -0.1) is 0 Å². The van der Waals surface area contributed by atoms with Gasteiger partial charge in [-0.25, -0.2) is 0 Å². The Balaban J connectivity index is 1.81. The van der Waals surface area contributed by atoms with Crippen LogP contribution in [0, 0.1) is 0 Å². The quantitative estimate of drug-likeness (QED) is 0.900. The van der Waals surface area contributed by atoms with E-state index in [1.165, 1.54) is 0 Å². The van der Waals surface area contributed by atoms with Crippen LogP contribution >= 0.6 is 0 Å². The molecule has 2 aliphatic heterocycles. The summed E-state index contributed by atoms with van der Waals surface area (Å²) in [5.74, 6) is 2.28. The molecule has 0 spiro atoms. The zero-order valence-electron chi connectivity index (χ0n) is 12.9. The SMILES string of the molecule is COc1cc2c(cc1CN1CCOCC(O)C1)OCCCO2. The van der Waals surface area contributed by atoms with Gasteiger partial charge in [0, 0.05) is 37.7 Å². The predicted octanol–water partition coefficient (Wildman–Crippen LogP) is 1.05. The Labute approximate surface area is 130 Å². The second kappa shape index (κ2) is 7.17. The van der Waals surface area contributed by atoms with Crippen LogP contribution < -0.4 is 14.2 Å². The summed E-state index contributed by atoms with van der Waals surface area (Å²) in [7, 11) is 1.66. The fourth-order valence-electron chi connectivity index (χ4n) is 2.79. The molecule has 0 bridgehead atoms. The van der Waals surface area contributed by atoms with Crippen molar-refractivity contribution in [3.63, 3.8) is 0 Å². The zero-order chi connectivity index (χ0) is 15.4. The van der Waals surface area contributed by atoms with Crippen LogP contribution in [0.3, 0.4) is 0 Å². The topological polar surface area (TPSA) is 60.4 Å². The van der Waals surface area contributed by atoms with E-state index >= 15 is 0 Å². The van der Waals surface area contributed by atoms with Crippen LogP contribution in [0.25, 0.3) is 0 Å². The maximum atomic E-state index is 9.85. The molecule has 2 heterocycles. The van der Waals surface area contributed by atoms with Crippen molar-refractivity contribution in [3.05, 3.63) is 17.7 Å². The van der Waals surface area contributed by atoms with Gasteiger partial charge < -0.3 is 24.1 Å². The lowest BCUT2D eigenvalue weighted by atomic mass is 10.1. The number of rotatable bonds is 3. The van der Waals surface area contributed by atoms with Gasteiger partial charge in [-0.2, -0.15) is 0 Å². The van der Waals surface area contributed by atoms with Crippen molar-refractivity contribution < 1.29 is 24.1 Å². The maximum absolute atomic E-state index is 9.85. The molecule has 2 aliphatic rings.